The van der Waals surface area contributed by atoms with E-state index >= 15 is 0 Å². The number of aryl methyl sites for hydroxylation is 1. The van der Waals surface area contributed by atoms with Gasteiger partial charge in [-0.15, -0.1) is 17.8 Å². The van der Waals surface area contributed by atoms with Gasteiger partial charge in [0.2, 0.25) is 11.8 Å². The van der Waals surface area contributed by atoms with Crippen molar-refractivity contribution in [2.24, 2.45) is 0 Å². The summed E-state index contributed by atoms with van der Waals surface area (Å²) in [6, 6.07) is 2.08. The number of anilines is 1. The lowest BCUT2D eigenvalue weighted by Crippen LogP contribution is -2.06. The number of thiophene rings is 1. The van der Waals surface area contributed by atoms with E-state index in [1.54, 1.807) is 11.3 Å². The van der Waals surface area contributed by atoms with E-state index in [1.165, 1.54) is 4.88 Å². The molecule has 2 aromatic rings. The molecule has 0 aliphatic heterocycles. The number of nitrogens with one attached hydrogen (secondary N) is 1. The van der Waals surface area contributed by atoms with Crippen LogP contribution in [0.2, 0.25) is 0 Å². The topological polar surface area (TPSA) is 47.0 Å². The van der Waals surface area contributed by atoms with Gasteiger partial charge in [-0.2, -0.15) is 4.98 Å². The molecule has 0 unspecified atom stereocenters. The maximum atomic E-state index is 5.53. The molecule has 0 atom stereocenters. The Morgan fingerprint density at radius 3 is 2.95 bits per heavy atom. The molecular weight excluding hydrogens is 258 g/mol. The monoisotopic (exact) mass is 275 g/mol. The molecule has 0 aromatic carbocycles. The Kier molecular flexibility index (Phi) is 4.58. The summed E-state index contributed by atoms with van der Waals surface area (Å²) in [5.74, 6) is 3.63. The van der Waals surface area contributed by atoms with Crippen LogP contribution >= 0.6 is 11.3 Å². The van der Waals surface area contributed by atoms with E-state index in [0.29, 0.717) is 11.8 Å². The largest absolute Gasteiger partial charge is 0.464 e. The Hall–Kier alpha value is -1.80. The van der Waals surface area contributed by atoms with Crippen molar-refractivity contribution in [3.05, 3.63) is 10.9 Å². The number of hydrogen-bond donors (Lipinski definition) is 1. The van der Waals surface area contributed by atoms with E-state index in [9.17, 15) is 0 Å². The number of ether oxygens (including phenoxy) is 1. The summed E-state index contributed by atoms with van der Waals surface area (Å²) in [5.41, 5.74) is 0. The lowest BCUT2D eigenvalue weighted by atomic mass is 10.3. The minimum atomic E-state index is 0.219. The Balaban J connectivity index is 2.41. The first kappa shape index (κ1) is 13.6. The molecule has 2 heterocycles. The molecule has 5 heteroatoms. The van der Waals surface area contributed by atoms with Gasteiger partial charge in [0.05, 0.1) is 5.39 Å². The Morgan fingerprint density at radius 1 is 1.42 bits per heavy atom. The number of fused-ring (bicyclic) bond motifs is 1. The van der Waals surface area contributed by atoms with Crippen LogP contribution < -0.4 is 10.1 Å². The van der Waals surface area contributed by atoms with Crippen molar-refractivity contribution in [1.82, 2.24) is 9.97 Å². The van der Waals surface area contributed by atoms with Gasteiger partial charge in [0, 0.05) is 11.4 Å². The van der Waals surface area contributed by atoms with Crippen LogP contribution in [-0.4, -0.2) is 23.1 Å². The maximum absolute atomic E-state index is 5.53. The summed E-state index contributed by atoms with van der Waals surface area (Å²) in [6.45, 7) is 5.28. The fourth-order valence-corrected chi connectivity index (χ4v) is 2.61. The highest BCUT2D eigenvalue weighted by Gasteiger charge is 2.12. The second-order valence-electron chi connectivity index (χ2n) is 4.06. The maximum Gasteiger partial charge on any atom is 0.228 e. The molecule has 4 nitrogen and oxygen atoms in total. The molecular formula is C14H17N3OS. The third kappa shape index (κ3) is 3.15. The summed E-state index contributed by atoms with van der Waals surface area (Å²) in [6.07, 6.45) is 7.24. The number of rotatable bonds is 6. The van der Waals surface area contributed by atoms with Crippen molar-refractivity contribution >= 4 is 27.5 Å². The Morgan fingerprint density at radius 2 is 2.26 bits per heavy atom. The summed E-state index contributed by atoms with van der Waals surface area (Å²) < 4.78 is 5.53. The molecule has 0 bridgehead atoms. The molecule has 2 aromatic heterocycles. The third-order valence-electron chi connectivity index (χ3n) is 2.58. The van der Waals surface area contributed by atoms with Gasteiger partial charge in [0.25, 0.3) is 0 Å². The van der Waals surface area contributed by atoms with Gasteiger partial charge in [-0.25, -0.2) is 4.98 Å². The van der Waals surface area contributed by atoms with Crippen LogP contribution in [0.15, 0.2) is 6.07 Å². The molecule has 1 N–H and O–H groups in total. The van der Waals surface area contributed by atoms with Gasteiger partial charge >= 0.3 is 0 Å². The van der Waals surface area contributed by atoms with Crippen LogP contribution in [0.25, 0.3) is 10.2 Å². The first-order chi connectivity index (χ1) is 9.28. The normalized spacial score (nSPS) is 10.4. The van der Waals surface area contributed by atoms with E-state index in [1.807, 2.05) is 0 Å². The molecule has 0 radical (unpaired) electrons. The molecule has 0 saturated carbocycles. The van der Waals surface area contributed by atoms with Gasteiger partial charge in [-0.1, -0.05) is 19.8 Å². The fourth-order valence-electron chi connectivity index (χ4n) is 1.66. The van der Waals surface area contributed by atoms with E-state index in [0.717, 1.165) is 29.6 Å². The van der Waals surface area contributed by atoms with Crippen LogP contribution in [0.1, 0.15) is 25.1 Å². The first-order valence-corrected chi connectivity index (χ1v) is 7.20. The standard InChI is InChI=1S/C14H17N3OS/c1-4-7-15-14-16-12(18-8-5-2)11-9-10(6-3)19-13(11)17-14/h2,9H,4,6-8H2,1,3H3,(H,15,16,17). The van der Waals surface area contributed by atoms with Crippen LogP contribution in [-0.2, 0) is 6.42 Å². The van der Waals surface area contributed by atoms with E-state index < -0.39 is 0 Å². The number of terminal acetylenes is 1. The molecule has 100 valence electrons. The highest BCUT2D eigenvalue weighted by molar-refractivity contribution is 7.18. The molecule has 2 rings (SSSR count). The molecule has 0 aliphatic rings. The van der Waals surface area contributed by atoms with Gasteiger partial charge in [0.1, 0.15) is 4.83 Å². The SMILES string of the molecule is C#CCOc1nc(NCCC)nc2sc(CC)cc12. The molecule has 0 aliphatic carbocycles. The van der Waals surface area contributed by atoms with Gasteiger partial charge < -0.3 is 10.1 Å². The summed E-state index contributed by atoms with van der Waals surface area (Å²) in [5, 5.41) is 4.13. The molecule has 0 spiro atoms. The Labute approximate surface area is 117 Å². The minimum absolute atomic E-state index is 0.219. The average molecular weight is 275 g/mol. The van der Waals surface area contributed by atoms with Gasteiger partial charge in [-0.05, 0) is 18.9 Å². The summed E-state index contributed by atoms with van der Waals surface area (Å²) >= 11 is 1.67. The number of nitrogens with zero attached hydrogens (tertiary/aromatic N) is 2. The zero-order valence-corrected chi connectivity index (χ0v) is 12.0. The van der Waals surface area contributed by atoms with Crippen molar-refractivity contribution in [1.29, 1.82) is 0 Å². The van der Waals surface area contributed by atoms with Crippen molar-refractivity contribution in [2.75, 3.05) is 18.5 Å². The minimum Gasteiger partial charge on any atom is -0.464 e. The second kappa shape index (κ2) is 6.39. The molecule has 19 heavy (non-hydrogen) atoms. The lowest BCUT2D eigenvalue weighted by molar-refractivity contribution is 0.360. The van der Waals surface area contributed by atoms with E-state index in [4.69, 9.17) is 11.2 Å². The van der Waals surface area contributed by atoms with Crippen LogP contribution in [0, 0.1) is 12.3 Å². The zero-order valence-electron chi connectivity index (χ0n) is 11.2. The highest BCUT2D eigenvalue weighted by Crippen LogP contribution is 2.31. The fraction of sp³-hybridized carbons (Fsp3) is 0.429. The van der Waals surface area contributed by atoms with E-state index in [-0.39, 0.29) is 6.61 Å². The second-order valence-corrected chi connectivity index (χ2v) is 5.17. The van der Waals surface area contributed by atoms with Crippen LogP contribution in [0.5, 0.6) is 5.88 Å². The summed E-state index contributed by atoms with van der Waals surface area (Å²) in [4.78, 5) is 11.1. The molecule has 0 saturated heterocycles. The quantitative estimate of drug-likeness (QED) is 0.823. The first-order valence-electron chi connectivity index (χ1n) is 6.39. The van der Waals surface area contributed by atoms with E-state index in [2.05, 4.69) is 41.1 Å². The Bertz CT molecular complexity index is 600. The highest BCUT2D eigenvalue weighted by atomic mass is 32.1. The van der Waals surface area contributed by atoms with Gasteiger partial charge in [-0.3, -0.25) is 0 Å². The smallest absolute Gasteiger partial charge is 0.228 e. The van der Waals surface area contributed by atoms with Crippen molar-refractivity contribution in [3.63, 3.8) is 0 Å². The summed E-state index contributed by atoms with van der Waals surface area (Å²) in [7, 11) is 0. The van der Waals surface area contributed by atoms with Gasteiger partial charge in [0.15, 0.2) is 6.61 Å². The van der Waals surface area contributed by atoms with Crippen molar-refractivity contribution < 1.29 is 4.74 Å². The lowest BCUT2D eigenvalue weighted by Gasteiger charge is -2.06. The van der Waals surface area contributed by atoms with Crippen LogP contribution in [0.4, 0.5) is 5.95 Å². The number of aromatic nitrogens is 2. The zero-order chi connectivity index (χ0) is 13.7. The van der Waals surface area contributed by atoms with Crippen LogP contribution in [0.3, 0.4) is 0 Å². The predicted octanol–water partition coefficient (Wildman–Crippen LogP) is 3.09. The molecule has 0 amide bonds. The average Bonchev–Trinajstić information content (AvgIpc) is 2.85. The number of hydrogen-bond acceptors (Lipinski definition) is 5. The predicted molar refractivity (Wildman–Crippen MR) is 79.9 cm³/mol. The van der Waals surface area contributed by atoms with Crippen molar-refractivity contribution in [3.8, 4) is 18.2 Å². The third-order valence-corrected chi connectivity index (χ3v) is 3.76. The molecule has 0 fully saturated rings. The van der Waals surface area contributed by atoms with Crippen molar-refractivity contribution in [2.45, 2.75) is 26.7 Å².